The van der Waals surface area contributed by atoms with E-state index >= 15 is 0 Å². The molecule has 0 saturated heterocycles. The average molecular weight is 531 g/mol. The largest absolute Gasteiger partial charge is 0.325 e. The number of hydrogen-bond donors (Lipinski definition) is 2. The molecule has 0 aliphatic heterocycles. The van der Waals surface area contributed by atoms with E-state index in [9.17, 15) is 12.8 Å². The van der Waals surface area contributed by atoms with E-state index in [0.717, 1.165) is 80.1 Å². The highest BCUT2D eigenvalue weighted by Gasteiger charge is 2.29. The molecule has 2 aromatic rings. The van der Waals surface area contributed by atoms with Crippen molar-refractivity contribution >= 4 is 21.7 Å². The van der Waals surface area contributed by atoms with Crippen LogP contribution in [0.2, 0.25) is 0 Å². The van der Waals surface area contributed by atoms with E-state index in [1.165, 1.54) is 12.1 Å². The number of nitriles is 1. The molecule has 1 saturated carbocycles. The van der Waals surface area contributed by atoms with E-state index in [1.54, 1.807) is 24.5 Å². The SMILES string of the molecule is N#CNC(=NCCCCCCCN(OC1CCCCC1)S(=O)(=O)c1ccc(F)cc1)Nc1ccncc1. The Morgan fingerprint density at radius 1 is 1.05 bits per heavy atom. The number of nitrogens with one attached hydrogen (secondary N) is 2. The molecule has 1 heterocycles. The van der Waals surface area contributed by atoms with Gasteiger partial charge in [0, 0.05) is 31.2 Å². The Kier molecular flexibility index (Phi) is 11.7. The Hall–Kier alpha value is -3.07. The first-order chi connectivity index (χ1) is 18.0. The number of pyridine rings is 1. The summed E-state index contributed by atoms with van der Waals surface area (Å²) in [6.45, 7) is 0.804. The Morgan fingerprint density at radius 3 is 2.43 bits per heavy atom. The van der Waals surface area contributed by atoms with E-state index < -0.39 is 15.8 Å². The van der Waals surface area contributed by atoms with Gasteiger partial charge >= 0.3 is 0 Å². The zero-order valence-corrected chi connectivity index (χ0v) is 21.8. The Bertz CT molecular complexity index is 1120. The summed E-state index contributed by atoms with van der Waals surface area (Å²) in [5, 5.41) is 14.5. The number of guanidine groups is 1. The van der Waals surface area contributed by atoms with Gasteiger partial charge < -0.3 is 5.32 Å². The molecule has 11 heteroatoms. The number of rotatable bonds is 13. The molecule has 0 spiro atoms. The van der Waals surface area contributed by atoms with Gasteiger partial charge in [0.05, 0.1) is 11.0 Å². The molecule has 1 aliphatic carbocycles. The van der Waals surface area contributed by atoms with Crippen LogP contribution in [0.15, 0.2) is 58.7 Å². The maximum atomic E-state index is 13.3. The monoisotopic (exact) mass is 530 g/mol. The Morgan fingerprint density at radius 2 is 1.73 bits per heavy atom. The molecule has 1 aromatic carbocycles. The normalized spacial score (nSPS) is 14.9. The molecule has 1 aromatic heterocycles. The quantitative estimate of drug-likeness (QED) is 0.0937. The van der Waals surface area contributed by atoms with Gasteiger partial charge in [-0.15, -0.1) is 0 Å². The van der Waals surface area contributed by atoms with E-state index in [4.69, 9.17) is 10.1 Å². The van der Waals surface area contributed by atoms with Gasteiger partial charge in [0.15, 0.2) is 6.19 Å². The Labute approximate surface area is 218 Å². The van der Waals surface area contributed by atoms with Crippen LogP contribution in [0.1, 0.15) is 64.2 Å². The van der Waals surface area contributed by atoms with Crippen molar-refractivity contribution in [2.75, 3.05) is 18.4 Å². The molecule has 200 valence electrons. The van der Waals surface area contributed by atoms with Crippen molar-refractivity contribution in [3.8, 4) is 6.19 Å². The Balaban J connectivity index is 1.45. The van der Waals surface area contributed by atoms with E-state index in [2.05, 4.69) is 20.6 Å². The molecule has 37 heavy (non-hydrogen) atoms. The van der Waals surface area contributed by atoms with Crippen LogP contribution in [0.25, 0.3) is 0 Å². The van der Waals surface area contributed by atoms with Crippen molar-refractivity contribution in [1.29, 1.82) is 5.26 Å². The minimum atomic E-state index is -3.88. The van der Waals surface area contributed by atoms with Crippen molar-refractivity contribution in [3.63, 3.8) is 0 Å². The van der Waals surface area contributed by atoms with Gasteiger partial charge in [-0.25, -0.2) is 12.8 Å². The average Bonchev–Trinajstić information content (AvgIpc) is 2.91. The fourth-order valence-electron chi connectivity index (χ4n) is 4.10. The highest BCUT2D eigenvalue weighted by atomic mass is 32.2. The molecule has 1 aliphatic rings. The molecule has 0 amide bonds. The number of sulfonamides is 1. The van der Waals surface area contributed by atoms with Crippen LogP contribution in [0.3, 0.4) is 0 Å². The van der Waals surface area contributed by atoms with Crippen LogP contribution < -0.4 is 10.6 Å². The number of benzene rings is 1. The summed E-state index contributed by atoms with van der Waals surface area (Å²) >= 11 is 0. The predicted octanol–water partition coefficient (Wildman–Crippen LogP) is 4.96. The van der Waals surface area contributed by atoms with E-state index in [1.807, 2.05) is 6.19 Å². The lowest BCUT2D eigenvalue weighted by atomic mass is 9.98. The molecule has 2 N–H and O–H groups in total. The second-order valence-corrected chi connectivity index (χ2v) is 10.8. The number of halogens is 1. The number of hydroxylamine groups is 1. The van der Waals surface area contributed by atoms with Gasteiger partial charge in [0.1, 0.15) is 5.82 Å². The maximum Gasteiger partial charge on any atom is 0.265 e. The second kappa shape index (κ2) is 15.2. The standard InChI is InChI=1S/C26H35FN6O3S/c27-22-11-13-25(14-12-22)37(34,35)33(36-24-9-5-4-6-10-24)20-8-3-1-2-7-17-30-26(31-21-28)32-23-15-18-29-19-16-23/h11-16,18-19,24H,1-10,17,20H2,(H2,29,30,31,32). The number of anilines is 1. The van der Waals surface area contributed by atoms with Gasteiger partial charge in [0.25, 0.3) is 10.0 Å². The smallest absolute Gasteiger partial charge is 0.265 e. The molecule has 0 unspecified atom stereocenters. The van der Waals surface area contributed by atoms with Crippen molar-refractivity contribution in [3.05, 3.63) is 54.6 Å². The van der Waals surface area contributed by atoms with Crippen LogP contribution in [0, 0.1) is 17.3 Å². The summed E-state index contributed by atoms with van der Waals surface area (Å²) in [6.07, 6.45) is 14.1. The van der Waals surface area contributed by atoms with E-state index in [-0.39, 0.29) is 17.5 Å². The van der Waals surface area contributed by atoms with Crippen LogP contribution >= 0.6 is 0 Å². The van der Waals surface area contributed by atoms with Crippen LogP contribution in [-0.4, -0.2) is 43.0 Å². The van der Waals surface area contributed by atoms with Crippen LogP contribution in [0.4, 0.5) is 10.1 Å². The highest BCUT2D eigenvalue weighted by Crippen LogP contribution is 2.25. The zero-order chi connectivity index (χ0) is 26.3. The predicted molar refractivity (Wildman–Crippen MR) is 140 cm³/mol. The van der Waals surface area contributed by atoms with Crippen LogP contribution in [-0.2, 0) is 14.9 Å². The summed E-state index contributed by atoms with van der Waals surface area (Å²) in [6, 6.07) is 8.43. The summed E-state index contributed by atoms with van der Waals surface area (Å²) in [5.41, 5.74) is 0.784. The molecule has 9 nitrogen and oxygen atoms in total. The van der Waals surface area contributed by atoms with Crippen molar-refractivity contribution in [1.82, 2.24) is 14.8 Å². The molecule has 3 rings (SSSR count). The topological polar surface area (TPSA) is 120 Å². The number of aliphatic imine (C=N–C) groups is 1. The summed E-state index contributed by atoms with van der Waals surface area (Å²) < 4.78 is 40.8. The van der Waals surface area contributed by atoms with Crippen molar-refractivity contribution < 1.29 is 17.6 Å². The number of hydrogen-bond acceptors (Lipinski definition) is 6. The first-order valence-electron chi connectivity index (χ1n) is 12.8. The third kappa shape index (κ3) is 9.72. The third-order valence-corrected chi connectivity index (χ3v) is 7.76. The molecular weight excluding hydrogens is 495 g/mol. The zero-order valence-electron chi connectivity index (χ0n) is 21.0. The van der Waals surface area contributed by atoms with Gasteiger partial charge in [-0.2, -0.15) is 5.26 Å². The van der Waals surface area contributed by atoms with Crippen molar-refractivity contribution in [2.24, 2.45) is 4.99 Å². The summed E-state index contributed by atoms with van der Waals surface area (Å²) in [7, 11) is -3.88. The maximum absolute atomic E-state index is 13.3. The minimum absolute atomic E-state index is 0.0322. The fourth-order valence-corrected chi connectivity index (χ4v) is 5.42. The number of nitrogens with zero attached hydrogens (tertiary/aromatic N) is 4. The molecule has 1 fully saturated rings. The lowest BCUT2D eigenvalue weighted by Gasteiger charge is -2.29. The molecule has 0 radical (unpaired) electrons. The van der Waals surface area contributed by atoms with Gasteiger partial charge in [-0.1, -0.05) is 43.0 Å². The first-order valence-corrected chi connectivity index (χ1v) is 14.2. The summed E-state index contributed by atoms with van der Waals surface area (Å²) in [4.78, 5) is 14.4. The lowest BCUT2D eigenvalue weighted by molar-refractivity contribution is -0.143. The highest BCUT2D eigenvalue weighted by molar-refractivity contribution is 7.89. The van der Waals surface area contributed by atoms with Gasteiger partial charge in [-0.3, -0.25) is 20.1 Å². The number of aromatic nitrogens is 1. The number of unbranched alkanes of at least 4 members (excludes halogenated alkanes) is 4. The molecule has 0 atom stereocenters. The third-order valence-electron chi connectivity index (χ3n) is 6.08. The molecular formula is C26H35FN6O3S. The first kappa shape index (κ1) is 28.5. The lowest BCUT2D eigenvalue weighted by Crippen LogP contribution is -2.37. The van der Waals surface area contributed by atoms with E-state index in [0.29, 0.717) is 18.9 Å². The minimum Gasteiger partial charge on any atom is -0.325 e. The van der Waals surface area contributed by atoms with Gasteiger partial charge in [0.2, 0.25) is 5.96 Å². The van der Waals surface area contributed by atoms with Gasteiger partial charge in [-0.05, 0) is 62.1 Å². The second-order valence-electron chi connectivity index (χ2n) is 8.95. The van der Waals surface area contributed by atoms with Crippen LogP contribution in [0.5, 0.6) is 0 Å². The molecule has 0 bridgehead atoms. The fraction of sp³-hybridized carbons (Fsp3) is 0.500. The van der Waals surface area contributed by atoms with Crippen molar-refractivity contribution in [2.45, 2.75) is 75.2 Å². The summed E-state index contributed by atoms with van der Waals surface area (Å²) in [5.74, 6) is -0.0955.